The van der Waals surface area contributed by atoms with Gasteiger partial charge in [-0.1, -0.05) is 36.2 Å². The third-order valence-electron chi connectivity index (χ3n) is 2.61. The smallest absolute Gasteiger partial charge is 0.223 e. The number of nitrogens with zero attached hydrogens (tertiary/aromatic N) is 2. The molecule has 0 aliphatic heterocycles. The molecule has 1 rings (SSSR count). The minimum Gasteiger partial charge on any atom is -0.359 e. The van der Waals surface area contributed by atoms with E-state index in [4.69, 9.17) is 23.2 Å². The van der Waals surface area contributed by atoms with Crippen molar-refractivity contribution in [2.75, 3.05) is 20.6 Å². The zero-order valence-corrected chi connectivity index (χ0v) is 12.2. The van der Waals surface area contributed by atoms with Crippen LogP contribution in [-0.4, -0.2) is 36.4 Å². The zero-order chi connectivity index (χ0) is 13.7. The van der Waals surface area contributed by atoms with Crippen molar-refractivity contribution < 1.29 is 4.79 Å². The first kappa shape index (κ1) is 15.2. The van der Waals surface area contributed by atoms with Crippen LogP contribution in [0.15, 0.2) is 12.1 Å². The van der Waals surface area contributed by atoms with Crippen LogP contribution in [-0.2, 0) is 11.3 Å². The van der Waals surface area contributed by atoms with E-state index in [9.17, 15) is 4.79 Å². The number of pyridine rings is 1. The van der Waals surface area contributed by atoms with Gasteiger partial charge < -0.3 is 10.2 Å². The highest BCUT2D eigenvalue weighted by atomic mass is 35.5. The minimum absolute atomic E-state index is 0.0298. The average Bonchev–Trinajstić information content (AvgIpc) is 2.31. The van der Waals surface area contributed by atoms with E-state index in [-0.39, 0.29) is 11.8 Å². The number of amides is 1. The lowest BCUT2D eigenvalue weighted by atomic mass is 10.1. The largest absolute Gasteiger partial charge is 0.359 e. The predicted molar refractivity (Wildman–Crippen MR) is 73.8 cm³/mol. The molecule has 1 N–H and O–H groups in total. The molecule has 1 amide bonds. The fraction of sp³-hybridized carbons (Fsp3) is 0.500. The maximum Gasteiger partial charge on any atom is 0.223 e. The maximum absolute atomic E-state index is 11.4. The summed E-state index contributed by atoms with van der Waals surface area (Å²) in [5.41, 5.74) is 0.896. The van der Waals surface area contributed by atoms with Crippen molar-refractivity contribution in [1.82, 2.24) is 15.2 Å². The number of aromatic nitrogens is 1. The normalized spacial score (nSPS) is 12.6. The molecule has 0 fully saturated rings. The Morgan fingerprint density at radius 2 is 2.17 bits per heavy atom. The summed E-state index contributed by atoms with van der Waals surface area (Å²) in [6, 6.07) is 3.55. The molecule has 0 spiro atoms. The summed E-state index contributed by atoms with van der Waals surface area (Å²) >= 11 is 11.7. The SMILES string of the molecule is CNC(=O)C(C)CN(C)Cc1ccc(Cl)nc1Cl. The first-order valence-corrected chi connectivity index (χ1v) is 6.40. The van der Waals surface area contributed by atoms with E-state index >= 15 is 0 Å². The Morgan fingerprint density at radius 1 is 1.50 bits per heavy atom. The van der Waals surface area contributed by atoms with Gasteiger partial charge in [0, 0.05) is 31.6 Å². The molecule has 1 heterocycles. The molecule has 18 heavy (non-hydrogen) atoms. The minimum atomic E-state index is -0.0703. The Morgan fingerprint density at radius 3 is 2.72 bits per heavy atom. The molecule has 1 aromatic heterocycles. The van der Waals surface area contributed by atoms with Crippen molar-refractivity contribution >= 4 is 29.1 Å². The second-order valence-corrected chi connectivity index (χ2v) is 5.04. The molecule has 4 nitrogen and oxygen atoms in total. The first-order chi connectivity index (χ1) is 8.43. The molecule has 6 heteroatoms. The van der Waals surface area contributed by atoms with Crippen molar-refractivity contribution in [2.45, 2.75) is 13.5 Å². The van der Waals surface area contributed by atoms with E-state index in [2.05, 4.69) is 10.3 Å². The van der Waals surface area contributed by atoms with Gasteiger partial charge in [0.25, 0.3) is 0 Å². The third kappa shape index (κ3) is 4.44. The Kier molecular flexibility index (Phi) is 5.85. The summed E-state index contributed by atoms with van der Waals surface area (Å²) in [7, 11) is 3.57. The van der Waals surface area contributed by atoms with Gasteiger partial charge in [0.2, 0.25) is 5.91 Å². The fourth-order valence-electron chi connectivity index (χ4n) is 1.71. The lowest BCUT2D eigenvalue weighted by Gasteiger charge is -2.20. The fourth-order valence-corrected chi connectivity index (χ4v) is 2.12. The lowest BCUT2D eigenvalue weighted by Crippen LogP contribution is -2.34. The Labute approximate surface area is 117 Å². The van der Waals surface area contributed by atoms with Gasteiger partial charge in [-0.2, -0.15) is 0 Å². The van der Waals surface area contributed by atoms with Crippen molar-refractivity contribution in [3.05, 3.63) is 28.0 Å². The average molecular weight is 290 g/mol. The van der Waals surface area contributed by atoms with Crippen LogP contribution < -0.4 is 5.32 Å². The molecule has 0 aromatic carbocycles. The molecular weight excluding hydrogens is 273 g/mol. The number of hydrogen-bond acceptors (Lipinski definition) is 3. The number of nitrogens with one attached hydrogen (secondary N) is 1. The van der Waals surface area contributed by atoms with Crippen LogP contribution in [0.25, 0.3) is 0 Å². The molecule has 0 bridgehead atoms. The molecule has 0 aliphatic carbocycles. The van der Waals surface area contributed by atoms with Crippen LogP contribution in [0.3, 0.4) is 0 Å². The van der Waals surface area contributed by atoms with Crippen LogP contribution in [0.2, 0.25) is 10.3 Å². The predicted octanol–water partition coefficient (Wildman–Crippen LogP) is 2.20. The number of carbonyl (C=O) groups is 1. The molecule has 1 aromatic rings. The molecule has 1 unspecified atom stereocenters. The van der Waals surface area contributed by atoms with E-state index in [0.29, 0.717) is 23.4 Å². The molecule has 0 saturated heterocycles. The van der Waals surface area contributed by atoms with E-state index in [1.807, 2.05) is 24.9 Å². The molecule has 100 valence electrons. The Hall–Kier alpha value is -0.840. The monoisotopic (exact) mass is 289 g/mol. The second-order valence-electron chi connectivity index (χ2n) is 4.30. The zero-order valence-electron chi connectivity index (χ0n) is 10.7. The topological polar surface area (TPSA) is 45.2 Å². The summed E-state index contributed by atoms with van der Waals surface area (Å²) in [6.45, 7) is 3.17. The molecular formula is C12H17Cl2N3O. The second kappa shape index (κ2) is 6.92. The molecule has 1 atom stereocenters. The van der Waals surface area contributed by atoms with Crippen LogP contribution in [0.5, 0.6) is 0 Å². The number of halogens is 2. The maximum atomic E-state index is 11.4. The summed E-state index contributed by atoms with van der Waals surface area (Å²) in [5.74, 6) is -0.0405. The van der Waals surface area contributed by atoms with Gasteiger partial charge in [-0.25, -0.2) is 4.98 Å². The van der Waals surface area contributed by atoms with E-state index in [1.165, 1.54) is 0 Å². The highest BCUT2D eigenvalue weighted by Gasteiger charge is 2.14. The number of rotatable bonds is 5. The lowest BCUT2D eigenvalue weighted by molar-refractivity contribution is -0.124. The standard InChI is InChI=1S/C12H17Cl2N3O/c1-8(12(18)15-2)6-17(3)7-9-4-5-10(13)16-11(9)14/h4-5,8H,6-7H2,1-3H3,(H,15,18). The van der Waals surface area contributed by atoms with Gasteiger partial charge >= 0.3 is 0 Å². The molecule has 0 saturated carbocycles. The summed E-state index contributed by atoms with van der Waals surface area (Å²) in [4.78, 5) is 17.4. The van der Waals surface area contributed by atoms with Crippen LogP contribution >= 0.6 is 23.2 Å². The van der Waals surface area contributed by atoms with E-state index < -0.39 is 0 Å². The highest BCUT2D eigenvalue weighted by molar-refractivity contribution is 6.32. The van der Waals surface area contributed by atoms with Crippen LogP contribution in [0.4, 0.5) is 0 Å². The first-order valence-electron chi connectivity index (χ1n) is 5.65. The number of hydrogen-bond donors (Lipinski definition) is 1. The van der Waals surface area contributed by atoms with Gasteiger partial charge in [-0.05, 0) is 13.1 Å². The quantitative estimate of drug-likeness (QED) is 0.846. The van der Waals surface area contributed by atoms with Crippen LogP contribution in [0.1, 0.15) is 12.5 Å². The molecule has 0 radical (unpaired) electrons. The summed E-state index contributed by atoms with van der Waals surface area (Å²) in [5, 5.41) is 3.42. The van der Waals surface area contributed by atoms with E-state index in [0.717, 1.165) is 5.56 Å². The third-order valence-corrected chi connectivity index (χ3v) is 3.15. The van der Waals surface area contributed by atoms with Gasteiger partial charge in [0.1, 0.15) is 10.3 Å². The van der Waals surface area contributed by atoms with Crippen molar-refractivity contribution in [3.8, 4) is 0 Å². The van der Waals surface area contributed by atoms with Crippen LogP contribution in [0, 0.1) is 5.92 Å². The molecule has 0 aliphatic rings. The van der Waals surface area contributed by atoms with Gasteiger partial charge in [-0.3, -0.25) is 4.79 Å². The summed E-state index contributed by atoms with van der Waals surface area (Å²) < 4.78 is 0. The Balaban J connectivity index is 2.59. The van der Waals surface area contributed by atoms with Gasteiger partial charge in [-0.15, -0.1) is 0 Å². The van der Waals surface area contributed by atoms with Gasteiger partial charge in [0.15, 0.2) is 0 Å². The van der Waals surface area contributed by atoms with Crippen molar-refractivity contribution in [3.63, 3.8) is 0 Å². The highest BCUT2D eigenvalue weighted by Crippen LogP contribution is 2.18. The van der Waals surface area contributed by atoms with E-state index in [1.54, 1.807) is 13.1 Å². The number of carbonyl (C=O) groups excluding carboxylic acids is 1. The van der Waals surface area contributed by atoms with Crippen molar-refractivity contribution in [1.29, 1.82) is 0 Å². The Bertz CT molecular complexity index is 426. The van der Waals surface area contributed by atoms with Crippen molar-refractivity contribution in [2.24, 2.45) is 5.92 Å². The summed E-state index contributed by atoms with van der Waals surface area (Å²) in [6.07, 6.45) is 0. The van der Waals surface area contributed by atoms with Gasteiger partial charge in [0.05, 0.1) is 0 Å².